The normalized spacial score (nSPS) is 11.2. The monoisotopic (exact) mass is 479 g/mol. The van der Waals surface area contributed by atoms with Gasteiger partial charge in [0.25, 0.3) is 0 Å². The summed E-state index contributed by atoms with van der Waals surface area (Å²) in [5.74, 6) is 1.02. The van der Waals surface area contributed by atoms with Gasteiger partial charge in [0.2, 0.25) is 0 Å². The quantitative estimate of drug-likeness (QED) is 0.225. The fourth-order valence-electron chi connectivity index (χ4n) is 3.72. The number of benzene rings is 2. The van der Waals surface area contributed by atoms with E-state index >= 15 is 0 Å². The first-order valence-corrected chi connectivity index (χ1v) is 12.5. The van der Waals surface area contributed by atoms with Crippen LogP contribution in [0.3, 0.4) is 0 Å². The number of phenolic OH excluding ortho intramolecular Hbond substituents is 1. The Kier molecular flexibility index (Phi) is 12.0. The molecular weight excluding hydrogens is 438 g/mol. The molecule has 0 fully saturated rings. The first-order valence-electron chi connectivity index (χ1n) is 12.5. The van der Waals surface area contributed by atoms with Crippen LogP contribution in [-0.4, -0.2) is 18.3 Å². The lowest BCUT2D eigenvalue weighted by atomic mass is 10.00. The number of methoxy groups -OCH3 is 1. The van der Waals surface area contributed by atoms with Crippen molar-refractivity contribution in [2.75, 3.05) is 12.4 Å². The number of carbonyl (C=O) groups excluding carboxylic acids is 1. The third kappa shape index (κ3) is 10.3. The molecule has 5 nitrogen and oxygen atoms in total. The summed E-state index contributed by atoms with van der Waals surface area (Å²) in [4.78, 5) is 11.4. The molecule has 0 aliphatic rings. The Bertz CT molecular complexity index is 1000. The number of rotatable bonds is 13. The van der Waals surface area contributed by atoms with Gasteiger partial charge >= 0.3 is 6.09 Å². The molecule has 0 aromatic heterocycles. The summed E-state index contributed by atoms with van der Waals surface area (Å²) in [6.07, 6.45) is 10.9. The summed E-state index contributed by atoms with van der Waals surface area (Å²) in [6, 6.07) is 11.4. The van der Waals surface area contributed by atoms with Gasteiger partial charge in [-0.15, -0.1) is 0 Å². The van der Waals surface area contributed by atoms with Gasteiger partial charge in [-0.3, -0.25) is 5.32 Å². The van der Waals surface area contributed by atoms with Crippen LogP contribution in [0, 0.1) is 0 Å². The summed E-state index contributed by atoms with van der Waals surface area (Å²) < 4.78 is 10.9. The summed E-state index contributed by atoms with van der Waals surface area (Å²) in [5, 5.41) is 13.5. The second kappa shape index (κ2) is 14.9. The molecule has 0 unspecified atom stereocenters. The molecule has 0 atom stereocenters. The van der Waals surface area contributed by atoms with E-state index in [-0.39, 0.29) is 0 Å². The molecule has 5 heteroatoms. The Labute approximate surface area is 210 Å². The van der Waals surface area contributed by atoms with E-state index < -0.39 is 6.09 Å². The van der Waals surface area contributed by atoms with Crippen LogP contribution in [0.5, 0.6) is 11.5 Å². The van der Waals surface area contributed by atoms with E-state index in [1.54, 1.807) is 0 Å². The maximum atomic E-state index is 11.4. The number of aryl methyl sites for hydroxylation is 1. The van der Waals surface area contributed by atoms with Gasteiger partial charge in [-0.1, -0.05) is 55.2 Å². The van der Waals surface area contributed by atoms with Crippen LogP contribution >= 0.6 is 0 Å². The lowest BCUT2D eigenvalue weighted by Gasteiger charge is -2.15. The van der Waals surface area contributed by atoms with E-state index in [9.17, 15) is 9.90 Å². The third-order valence-corrected chi connectivity index (χ3v) is 5.84. The van der Waals surface area contributed by atoms with Crippen molar-refractivity contribution in [1.29, 1.82) is 0 Å². The number of anilines is 1. The highest BCUT2D eigenvalue weighted by molar-refractivity contribution is 5.84. The molecule has 0 aliphatic carbocycles. The maximum absolute atomic E-state index is 11.4. The van der Waals surface area contributed by atoms with Crippen molar-refractivity contribution >= 4 is 11.8 Å². The molecule has 0 heterocycles. The molecule has 190 valence electrons. The Hall–Kier alpha value is -3.21. The molecule has 2 rings (SSSR count). The molecule has 0 aliphatic heterocycles. The van der Waals surface area contributed by atoms with Crippen molar-refractivity contribution in [3.05, 3.63) is 76.4 Å². The van der Waals surface area contributed by atoms with Crippen molar-refractivity contribution < 1.29 is 19.4 Å². The standard InChI is InChI=1S/C30H41NO4/c1-6-7-8-12-25-19-28(32)27(18-13-23(4)11-9-10-22(2)3)29(20-25)35-21-24-14-16-26(17-15-24)31-30(33)34-5/h10,13-17,19-20,32H,6-9,11-12,18,21H2,1-5H3,(H,31,33)/b23-13+. The predicted molar refractivity (Wildman–Crippen MR) is 144 cm³/mol. The number of ether oxygens (including phenoxy) is 2. The Morgan fingerprint density at radius 3 is 2.43 bits per heavy atom. The Morgan fingerprint density at radius 1 is 1.03 bits per heavy atom. The number of phenols is 1. The molecule has 35 heavy (non-hydrogen) atoms. The predicted octanol–water partition coefficient (Wildman–Crippen LogP) is 8.12. The Balaban J connectivity index is 2.17. The van der Waals surface area contributed by atoms with E-state index in [0.717, 1.165) is 61.0 Å². The summed E-state index contributed by atoms with van der Waals surface area (Å²) in [6.45, 7) is 8.93. The molecule has 2 aromatic carbocycles. The van der Waals surface area contributed by atoms with Crippen LogP contribution in [0.4, 0.5) is 10.5 Å². The van der Waals surface area contributed by atoms with Gasteiger partial charge in [0.15, 0.2) is 0 Å². The molecule has 0 saturated carbocycles. The van der Waals surface area contributed by atoms with Crippen molar-refractivity contribution in [3.8, 4) is 11.5 Å². The van der Waals surface area contributed by atoms with Gasteiger partial charge in [0.1, 0.15) is 18.1 Å². The summed E-state index contributed by atoms with van der Waals surface area (Å²) in [5.41, 5.74) is 6.17. The van der Waals surface area contributed by atoms with E-state index in [0.29, 0.717) is 24.5 Å². The molecule has 0 radical (unpaired) electrons. The molecule has 2 N–H and O–H groups in total. The number of hydrogen-bond acceptors (Lipinski definition) is 4. The summed E-state index contributed by atoms with van der Waals surface area (Å²) in [7, 11) is 1.33. The van der Waals surface area contributed by atoms with E-state index in [2.05, 4.69) is 56.0 Å². The molecule has 2 aromatic rings. The fraction of sp³-hybridized carbons (Fsp3) is 0.433. The fourth-order valence-corrected chi connectivity index (χ4v) is 3.72. The minimum Gasteiger partial charge on any atom is -0.508 e. The van der Waals surface area contributed by atoms with E-state index in [4.69, 9.17) is 4.74 Å². The number of aromatic hydroxyl groups is 1. The minimum atomic E-state index is -0.502. The highest BCUT2D eigenvalue weighted by Gasteiger charge is 2.12. The van der Waals surface area contributed by atoms with Crippen LogP contribution in [0.25, 0.3) is 0 Å². The van der Waals surface area contributed by atoms with Crippen molar-refractivity contribution in [3.63, 3.8) is 0 Å². The zero-order valence-electron chi connectivity index (χ0n) is 21.9. The molecule has 0 bridgehead atoms. The third-order valence-electron chi connectivity index (χ3n) is 5.84. The highest BCUT2D eigenvalue weighted by Crippen LogP contribution is 2.32. The van der Waals surface area contributed by atoms with E-state index in [1.807, 2.05) is 30.3 Å². The van der Waals surface area contributed by atoms with Crippen molar-refractivity contribution in [2.45, 2.75) is 79.2 Å². The summed E-state index contributed by atoms with van der Waals surface area (Å²) >= 11 is 0. The minimum absolute atomic E-state index is 0.292. The van der Waals surface area contributed by atoms with Crippen LogP contribution in [0.2, 0.25) is 0 Å². The SMILES string of the molecule is CCCCCc1cc(O)c(C/C=C(\C)CCC=C(C)C)c(OCc2ccc(NC(=O)OC)cc2)c1. The van der Waals surface area contributed by atoms with Gasteiger partial charge in [0.05, 0.1) is 7.11 Å². The number of unbranched alkanes of at least 4 members (excludes halogenated alkanes) is 2. The van der Waals surface area contributed by atoms with Crippen molar-refractivity contribution in [1.82, 2.24) is 0 Å². The smallest absolute Gasteiger partial charge is 0.411 e. The lowest BCUT2D eigenvalue weighted by Crippen LogP contribution is -2.10. The topological polar surface area (TPSA) is 67.8 Å². The first kappa shape index (κ1) is 28.0. The zero-order valence-corrected chi connectivity index (χ0v) is 21.9. The van der Waals surface area contributed by atoms with Crippen LogP contribution < -0.4 is 10.1 Å². The van der Waals surface area contributed by atoms with Gasteiger partial charge < -0.3 is 14.6 Å². The van der Waals surface area contributed by atoms with Gasteiger partial charge in [-0.05, 0) is 88.3 Å². The van der Waals surface area contributed by atoms with Crippen LogP contribution in [-0.2, 0) is 24.2 Å². The maximum Gasteiger partial charge on any atom is 0.411 e. The highest BCUT2D eigenvalue weighted by atomic mass is 16.5. The Morgan fingerprint density at radius 2 is 1.77 bits per heavy atom. The number of hydrogen-bond donors (Lipinski definition) is 2. The van der Waals surface area contributed by atoms with Crippen molar-refractivity contribution in [2.24, 2.45) is 0 Å². The van der Waals surface area contributed by atoms with Gasteiger partial charge in [-0.2, -0.15) is 0 Å². The largest absolute Gasteiger partial charge is 0.508 e. The molecule has 0 saturated heterocycles. The second-order valence-electron chi connectivity index (χ2n) is 9.23. The number of nitrogens with one attached hydrogen (secondary N) is 1. The average molecular weight is 480 g/mol. The first-order chi connectivity index (χ1) is 16.8. The number of amides is 1. The average Bonchev–Trinajstić information content (AvgIpc) is 2.82. The number of carbonyl (C=O) groups is 1. The molecular formula is C30H41NO4. The van der Waals surface area contributed by atoms with Gasteiger partial charge in [-0.25, -0.2) is 4.79 Å². The lowest BCUT2D eigenvalue weighted by molar-refractivity contribution is 0.187. The molecule has 0 spiro atoms. The molecule has 1 amide bonds. The van der Waals surface area contributed by atoms with E-state index in [1.165, 1.54) is 18.3 Å². The second-order valence-corrected chi connectivity index (χ2v) is 9.23. The van der Waals surface area contributed by atoms with Crippen LogP contribution in [0.1, 0.15) is 76.5 Å². The zero-order chi connectivity index (χ0) is 25.6. The van der Waals surface area contributed by atoms with Gasteiger partial charge in [0, 0.05) is 11.3 Å². The van der Waals surface area contributed by atoms with Crippen LogP contribution in [0.15, 0.2) is 59.7 Å². The number of allylic oxidation sites excluding steroid dienone is 4.